The van der Waals surface area contributed by atoms with Gasteiger partial charge in [-0.05, 0) is 51.4 Å². The van der Waals surface area contributed by atoms with Crippen molar-refractivity contribution in [2.24, 2.45) is 5.92 Å². The molecule has 1 rings (SSSR count). The van der Waals surface area contributed by atoms with Crippen LogP contribution in [0.25, 0.3) is 0 Å². The summed E-state index contributed by atoms with van der Waals surface area (Å²) in [4.78, 5) is 2.53. The fourth-order valence-electron chi connectivity index (χ4n) is 2.11. The molecule has 1 aliphatic rings. The molecule has 1 fully saturated rings. The molecule has 0 aromatic heterocycles. The van der Waals surface area contributed by atoms with Gasteiger partial charge in [-0.1, -0.05) is 13.8 Å². The van der Waals surface area contributed by atoms with Gasteiger partial charge in [-0.15, -0.1) is 0 Å². The summed E-state index contributed by atoms with van der Waals surface area (Å²) in [5.74, 6) is 0.516. The first-order chi connectivity index (χ1) is 7.24. The van der Waals surface area contributed by atoms with Crippen LogP contribution in [0.5, 0.6) is 0 Å². The molecule has 1 aliphatic heterocycles. The Bertz CT molecular complexity index is 156. The van der Waals surface area contributed by atoms with Gasteiger partial charge >= 0.3 is 0 Å². The van der Waals surface area contributed by atoms with Crippen molar-refractivity contribution in [1.29, 1.82) is 0 Å². The Morgan fingerprint density at radius 2 is 1.93 bits per heavy atom. The van der Waals surface area contributed by atoms with E-state index in [1.807, 2.05) is 0 Å². The first kappa shape index (κ1) is 12.9. The third-order valence-corrected chi connectivity index (χ3v) is 3.26. The maximum absolute atomic E-state index is 9.13. The Hall–Kier alpha value is -0.120. The quantitative estimate of drug-likeness (QED) is 0.623. The summed E-state index contributed by atoms with van der Waals surface area (Å²) in [5.41, 5.74) is 0. The Morgan fingerprint density at radius 3 is 2.47 bits per heavy atom. The van der Waals surface area contributed by atoms with Gasteiger partial charge in [0.1, 0.15) is 0 Å². The van der Waals surface area contributed by atoms with Crippen molar-refractivity contribution in [3.05, 3.63) is 0 Å². The largest absolute Gasteiger partial charge is 0.395 e. The van der Waals surface area contributed by atoms with Crippen LogP contribution in [0, 0.1) is 5.92 Å². The monoisotopic (exact) mass is 214 g/mol. The smallest absolute Gasteiger partial charge is 0.0587 e. The van der Waals surface area contributed by atoms with Gasteiger partial charge < -0.3 is 15.3 Å². The van der Waals surface area contributed by atoms with E-state index < -0.39 is 0 Å². The van der Waals surface area contributed by atoms with Crippen LogP contribution in [-0.4, -0.2) is 48.8 Å². The van der Waals surface area contributed by atoms with Crippen molar-refractivity contribution in [3.8, 4) is 0 Å². The van der Waals surface area contributed by atoms with E-state index in [4.69, 9.17) is 5.11 Å². The van der Waals surface area contributed by atoms with Gasteiger partial charge in [0.2, 0.25) is 0 Å². The Morgan fingerprint density at radius 1 is 1.27 bits per heavy atom. The zero-order valence-electron chi connectivity index (χ0n) is 10.2. The lowest BCUT2D eigenvalue weighted by molar-refractivity contribution is 0.208. The van der Waals surface area contributed by atoms with Crippen molar-refractivity contribution < 1.29 is 5.11 Å². The Kier molecular flexibility index (Phi) is 6.22. The van der Waals surface area contributed by atoms with E-state index in [9.17, 15) is 0 Å². The minimum Gasteiger partial charge on any atom is -0.395 e. The lowest BCUT2D eigenvalue weighted by atomic mass is 10.1. The maximum atomic E-state index is 9.13. The van der Waals surface area contributed by atoms with E-state index in [1.54, 1.807) is 0 Å². The van der Waals surface area contributed by atoms with E-state index >= 15 is 0 Å². The molecule has 1 heterocycles. The van der Waals surface area contributed by atoms with Crippen LogP contribution < -0.4 is 5.32 Å². The topological polar surface area (TPSA) is 35.5 Å². The SMILES string of the molecule is CC(C)[C@@H](CO)NCCCN1CCCC1. The molecule has 0 radical (unpaired) electrons. The van der Waals surface area contributed by atoms with E-state index in [2.05, 4.69) is 24.1 Å². The van der Waals surface area contributed by atoms with Crippen LogP contribution in [0.3, 0.4) is 0 Å². The summed E-state index contributed by atoms with van der Waals surface area (Å²) >= 11 is 0. The van der Waals surface area contributed by atoms with E-state index in [0.29, 0.717) is 5.92 Å². The van der Waals surface area contributed by atoms with E-state index in [0.717, 1.165) is 6.54 Å². The van der Waals surface area contributed by atoms with Gasteiger partial charge in [-0.25, -0.2) is 0 Å². The molecule has 3 nitrogen and oxygen atoms in total. The van der Waals surface area contributed by atoms with Gasteiger partial charge in [0, 0.05) is 6.04 Å². The fourth-order valence-corrected chi connectivity index (χ4v) is 2.11. The highest BCUT2D eigenvalue weighted by atomic mass is 16.3. The second-order valence-corrected chi connectivity index (χ2v) is 4.89. The van der Waals surface area contributed by atoms with Gasteiger partial charge in [0.15, 0.2) is 0 Å². The average molecular weight is 214 g/mol. The first-order valence-electron chi connectivity index (χ1n) is 6.30. The molecular formula is C12H26N2O. The lowest BCUT2D eigenvalue weighted by Crippen LogP contribution is -2.38. The van der Waals surface area contributed by atoms with Crippen molar-refractivity contribution >= 4 is 0 Å². The van der Waals surface area contributed by atoms with Crippen LogP contribution in [0.1, 0.15) is 33.1 Å². The summed E-state index contributed by atoms with van der Waals surface area (Å²) in [6.45, 7) is 9.36. The summed E-state index contributed by atoms with van der Waals surface area (Å²) in [5, 5.41) is 12.6. The van der Waals surface area contributed by atoms with Crippen LogP contribution >= 0.6 is 0 Å². The molecule has 2 N–H and O–H groups in total. The lowest BCUT2D eigenvalue weighted by Gasteiger charge is -2.21. The zero-order chi connectivity index (χ0) is 11.1. The molecule has 0 aromatic rings. The van der Waals surface area contributed by atoms with Crippen molar-refractivity contribution in [3.63, 3.8) is 0 Å². The second kappa shape index (κ2) is 7.20. The van der Waals surface area contributed by atoms with E-state index in [1.165, 1.54) is 38.9 Å². The highest BCUT2D eigenvalue weighted by Gasteiger charge is 2.12. The number of nitrogens with one attached hydrogen (secondary N) is 1. The van der Waals surface area contributed by atoms with Gasteiger partial charge in [-0.3, -0.25) is 0 Å². The molecule has 0 aromatic carbocycles. The van der Waals surface area contributed by atoms with Crippen molar-refractivity contribution in [2.45, 2.75) is 39.2 Å². The number of aliphatic hydroxyl groups is 1. The van der Waals surface area contributed by atoms with Crippen molar-refractivity contribution in [2.75, 3.05) is 32.8 Å². The molecule has 0 saturated carbocycles. The summed E-state index contributed by atoms with van der Waals surface area (Å²) in [7, 11) is 0. The number of hydrogen-bond donors (Lipinski definition) is 2. The first-order valence-corrected chi connectivity index (χ1v) is 6.30. The van der Waals surface area contributed by atoms with Crippen LogP contribution in [0.2, 0.25) is 0 Å². The van der Waals surface area contributed by atoms with Gasteiger partial charge in [-0.2, -0.15) is 0 Å². The molecule has 1 saturated heterocycles. The molecule has 0 amide bonds. The summed E-state index contributed by atoms with van der Waals surface area (Å²) in [6.07, 6.45) is 3.95. The molecule has 90 valence electrons. The minimum atomic E-state index is 0.251. The van der Waals surface area contributed by atoms with Crippen LogP contribution in [0.4, 0.5) is 0 Å². The molecular weight excluding hydrogens is 188 g/mol. The predicted molar refractivity (Wildman–Crippen MR) is 64.0 cm³/mol. The third-order valence-electron chi connectivity index (χ3n) is 3.26. The molecule has 0 spiro atoms. The molecule has 15 heavy (non-hydrogen) atoms. The van der Waals surface area contributed by atoms with E-state index in [-0.39, 0.29) is 12.6 Å². The molecule has 0 aliphatic carbocycles. The highest BCUT2D eigenvalue weighted by Crippen LogP contribution is 2.07. The number of hydrogen-bond acceptors (Lipinski definition) is 3. The summed E-state index contributed by atoms with van der Waals surface area (Å²) in [6, 6.07) is 0.267. The second-order valence-electron chi connectivity index (χ2n) is 4.89. The number of likely N-dealkylation sites (tertiary alicyclic amines) is 1. The Labute approximate surface area is 93.9 Å². The van der Waals surface area contributed by atoms with Gasteiger partial charge in [0.25, 0.3) is 0 Å². The zero-order valence-corrected chi connectivity index (χ0v) is 10.2. The normalized spacial score (nSPS) is 20.0. The number of aliphatic hydroxyl groups excluding tert-OH is 1. The third kappa shape index (κ3) is 4.96. The maximum Gasteiger partial charge on any atom is 0.0587 e. The van der Waals surface area contributed by atoms with Crippen LogP contribution in [0.15, 0.2) is 0 Å². The average Bonchev–Trinajstić information content (AvgIpc) is 2.70. The van der Waals surface area contributed by atoms with Crippen molar-refractivity contribution in [1.82, 2.24) is 10.2 Å². The molecule has 1 atom stereocenters. The van der Waals surface area contributed by atoms with Crippen LogP contribution in [-0.2, 0) is 0 Å². The Balaban J connectivity index is 1.99. The molecule has 0 bridgehead atoms. The minimum absolute atomic E-state index is 0.251. The number of nitrogens with zero attached hydrogens (tertiary/aromatic N) is 1. The molecule has 3 heteroatoms. The fraction of sp³-hybridized carbons (Fsp3) is 1.00. The predicted octanol–water partition coefficient (Wildman–Crippen LogP) is 1.08. The highest BCUT2D eigenvalue weighted by molar-refractivity contribution is 4.70. The number of rotatable bonds is 7. The molecule has 0 unspecified atom stereocenters. The van der Waals surface area contributed by atoms with Gasteiger partial charge in [0.05, 0.1) is 6.61 Å². The standard InChI is InChI=1S/C12H26N2O/c1-11(2)12(10-15)13-6-5-9-14-7-3-4-8-14/h11-13,15H,3-10H2,1-2H3/t12-/m1/s1. The summed E-state index contributed by atoms with van der Waals surface area (Å²) < 4.78 is 0.